The van der Waals surface area contributed by atoms with Gasteiger partial charge in [-0.05, 0) is 26.3 Å². The lowest BCUT2D eigenvalue weighted by Crippen LogP contribution is -2.42. The van der Waals surface area contributed by atoms with E-state index in [9.17, 15) is 9.59 Å². The van der Waals surface area contributed by atoms with E-state index < -0.39 is 5.97 Å². The first-order valence-corrected chi connectivity index (χ1v) is 6.29. The number of aryl methyl sites for hydroxylation is 1. The lowest BCUT2D eigenvalue weighted by molar-refractivity contribution is -0.122. The molecule has 0 aliphatic carbocycles. The lowest BCUT2D eigenvalue weighted by atomic mass is 10.2. The Morgan fingerprint density at radius 1 is 1.47 bits per heavy atom. The fraction of sp³-hybridized carbons (Fsp3) is 0.538. The summed E-state index contributed by atoms with van der Waals surface area (Å²) in [5.41, 5.74) is 0.576. The van der Waals surface area contributed by atoms with Crippen molar-refractivity contribution in [3.63, 3.8) is 0 Å². The van der Waals surface area contributed by atoms with Gasteiger partial charge in [0.2, 0.25) is 11.7 Å². The number of hydrogen-bond donors (Lipinski definition) is 3. The smallest absolute Gasteiger partial charge is 0.372 e. The molecule has 1 atom stereocenters. The predicted molar refractivity (Wildman–Crippen MR) is 70.0 cm³/mol. The van der Waals surface area contributed by atoms with E-state index in [2.05, 4.69) is 10.6 Å². The summed E-state index contributed by atoms with van der Waals surface area (Å²) in [6.07, 6.45) is 0.887. The molecule has 1 aromatic heterocycles. The van der Waals surface area contributed by atoms with Gasteiger partial charge < -0.3 is 14.8 Å². The summed E-state index contributed by atoms with van der Waals surface area (Å²) in [5.74, 6) is -0.717. The summed E-state index contributed by atoms with van der Waals surface area (Å²) in [5, 5.41) is 14.6. The van der Waals surface area contributed by atoms with E-state index in [0.29, 0.717) is 24.4 Å². The number of carboxylic acids is 1. The van der Waals surface area contributed by atoms with E-state index in [1.54, 1.807) is 19.9 Å². The summed E-state index contributed by atoms with van der Waals surface area (Å²) in [4.78, 5) is 22.4. The van der Waals surface area contributed by atoms with Crippen LogP contribution in [0.15, 0.2) is 10.5 Å². The number of furan rings is 1. The van der Waals surface area contributed by atoms with Crippen molar-refractivity contribution in [2.45, 2.75) is 39.8 Å². The Hall–Kier alpha value is -1.82. The number of carboxylic acid groups (broad SMARTS) is 1. The van der Waals surface area contributed by atoms with Crippen LogP contribution in [0.2, 0.25) is 0 Å². The molecule has 1 heterocycles. The van der Waals surface area contributed by atoms with Gasteiger partial charge in [-0.3, -0.25) is 10.1 Å². The molecule has 6 nitrogen and oxygen atoms in total. The Kier molecular flexibility index (Phi) is 5.57. The molecule has 3 N–H and O–H groups in total. The molecule has 0 radical (unpaired) electrons. The van der Waals surface area contributed by atoms with Gasteiger partial charge in [0, 0.05) is 12.1 Å². The maximum Gasteiger partial charge on any atom is 0.372 e. The molecule has 1 unspecified atom stereocenters. The van der Waals surface area contributed by atoms with E-state index in [1.807, 2.05) is 6.92 Å². The molecule has 0 saturated heterocycles. The van der Waals surface area contributed by atoms with Crippen LogP contribution in [0.3, 0.4) is 0 Å². The molecule has 0 spiro atoms. The first-order chi connectivity index (χ1) is 8.95. The van der Waals surface area contributed by atoms with Crippen molar-refractivity contribution in [1.29, 1.82) is 0 Å². The zero-order chi connectivity index (χ0) is 14.4. The molecule has 0 aliphatic heterocycles. The van der Waals surface area contributed by atoms with Crippen molar-refractivity contribution in [2.24, 2.45) is 0 Å². The van der Waals surface area contributed by atoms with Gasteiger partial charge in [0.1, 0.15) is 5.76 Å². The van der Waals surface area contributed by atoms with Crippen molar-refractivity contribution in [2.75, 3.05) is 6.54 Å². The van der Waals surface area contributed by atoms with Crippen LogP contribution >= 0.6 is 0 Å². The van der Waals surface area contributed by atoms with Crippen LogP contribution in [0, 0.1) is 6.92 Å². The number of rotatable bonds is 7. The fourth-order valence-electron chi connectivity index (χ4n) is 1.60. The van der Waals surface area contributed by atoms with Gasteiger partial charge in [-0.1, -0.05) is 6.92 Å². The zero-order valence-electron chi connectivity index (χ0n) is 11.4. The molecule has 6 heteroatoms. The lowest BCUT2D eigenvalue weighted by Gasteiger charge is -2.12. The van der Waals surface area contributed by atoms with Crippen molar-refractivity contribution in [1.82, 2.24) is 10.6 Å². The monoisotopic (exact) mass is 268 g/mol. The van der Waals surface area contributed by atoms with Gasteiger partial charge in [0.15, 0.2) is 0 Å². The average molecular weight is 268 g/mol. The van der Waals surface area contributed by atoms with Gasteiger partial charge in [-0.25, -0.2) is 4.79 Å². The molecule has 1 rings (SSSR count). The third kappa shape index (κ3) is 4.40. The molecule has 0 aromatic carbocycles. The van der Waals surface area contributed by atoms with Crippen LogP contribution in [0.4, 0.5) is 0 Å². The molecule has 106 valence electrons. The van der Waals surface area contributed by atoms with Gasteiger partial charge >= 0.3 is 5.97 Å². The highest BCUT2D eigenvalue weighted by molar-refractivity contribution is 5.86. The molecule has 19 heavy (non-hydrogen) atoms. The van der Waals surface area contributed by atoms with Crippen LogP contribution < -0.4 is 10.6 Å². The first-order valence-electron chi connectivity index (χ1n) is 6.29. The highest BCUT2D eigenvalue weighted by atomic mass is 16.4. The average Bonchev–Trinajstić information content (AvgIpc) is 2.74. The number of amides is 1. The highest BCUT2D eigenvalue weighted by Gasteiger charge is 2.16. The Morgan fingerprint density at radius 3 is 2.68 bits per heavy atom. The van der Waals surface area contributed by atoms with E-state index in [0.717, 1.165) is 6.42 Å². The molecular formula is C13H20N2O4. The number of nitrogens with one attached hydrogen (secondary N) is 2. The van der Waals surface area contributed by atoms with E-state index in [4.69, 9.17) is 9.52 Å². The van der Waals surface area contributed by atoms with E-state index in [-0.39, 0.29) is 17.7 Å². The number of carbonyl (C=O) groups is 2. The van der Waals surface area contributed by atoms with Crippen molar-refractivity contribution >= 4 is 11.9 Å². The van der Waals surface area contributed by atoms with Crippen LogP contribution in [-0.4, -0.2) is 29.6 Å². The largest absolute Gasteiger partial charge is 0.475 e. The third-order valence-corrected chi connectivity index (χ3v) is 2.69. The van der Waals surface area contributed by atoms with Crippen molar-refractivity contribution < 1.29 is 19.1 Å². The fourth-order valence-corrected chi connectivity index (χ4v) is 1.60. The maximum atomic E-state index is 11.6. The maximum absolute atomic E-state index is 11.6. The molecular weight excluding hydrogens is 248 g/mol. The van der Waals surface area contributed by atoms with Crippen molar-refractivity contribution in [3.8, 4) is 0 Å². The Balaban J connectivity index is 2.50. The van der Waals surface area contributed by atoms with Gasteiger partial charge in [0.25, 0.3) is 0 Å². The number of aromatic carboxylic acids is 1. The van der Waals surface area contributed by atoms with E-state index in [1.165, 1.54) is 0 Å². The molecule has 0 fully saturated rings. The number of hydrogen-bond acceptors (Lipinski definition) is 4. The molecule has 1 aromatic rings. The van der Waals surface area contributed by atoms with Crippen LogP contribution in [-0.2, 0) is 11.3 Å². The predicted octanol–water partition coefficient (Wildman–Crippen LogP) is 1.29. The standard InChI is InChI=1S/C13H20N2O4/c1-4-5-14-12(16)9(3)15-7-10-6-8(2)11(19-10)13(17)18/h6,9,15H,4-5,7H2,1-3H3,(H,14,16)(H,17,18). The minimum Gasteiger partial charge on any atom is -0.475 e. The molecule has 1 amide bonds. The van der Waals surface area contributed by atoms with Gasteiger partial charge in [-0.15, -0.1) is 0 Å². The Labute approximate surface area is 112 Å². The van der Waals surface area contributed by atoms with Gasteiger partial charge in [-0.2, -0.15) is 0 Å². The van der Waals surface area contributed by atoms with Crippen molar-refractivity contribution in [3.05, 3.63) is 23.2 Å². The van der Waals surface area contributed by atoms with Gasteiger partial charge in [0.05, 0.1) is 12.6 Å². The Morgan fingerprint density at radius 2 is 2.16 bits per heavy atom. The van der Waals surface area contributed by atoms with E-state index >= 15 is 0 Å². The zero-order valence-corrected chi connectivity index (χ0v) is 11.4. The van der Waals surface area contributed by atoms with Crippen LogP contribution in [0.5, 0.6) is 0 Å². The molecule has 0 saturated carbocycles. The quantitative estimate of drug-likeness (QED) is 0.693. The minimum atomic E-state index is -1.09. The first kappa shape index (κ1) is 15.2. The highest BCUT2D eigenvalue weighted by Crippen LogP contribution is 2.14. The second-order valence-corrected chi connectivity index (χ2v) is 4.42. The second-order valence-electron chi connectivity index (χ2n) is 4.42. The third-order valence-electron chi connectivity index (χ3n) is 2.69. The SMILES string of the molecule is CCCNC(=O)C(C)NCc1cc(C)c(C(=O)O)o1. The minimum absolute atomic E-state index is 0.0557. The Bertz CT molecular complexity index is 453. The van der Waals surface area contributed by atoms with Crippen LogP contribution in [0.1, 0.15) is 42.1 Å². The summed E-state index contributed by atoms with van der Waals surface area (Å²) in [6, 6.07) is 1.30. The molecule has 0 aliphatic rings. The topological polar surface area (TPSA) is 91.6 Å². The summed E-state index contributed by atoms with van der Waals surface area (Å²) in [7, 11) is 0. The summed E-state index contributed by atoms with van der Waals surface area (Å²) in [6.45, 7) is 6.37. The number of carbonyl (C=O) groups excluding carboxylic acids is 1. The molecule has 0 bridgehead atoms. The second kappa shape index (κ2) is 6.94. The summed E-state index contributed by atoms with van der Waals surface area (Å²) < 4.78 is 5.19. The summed E-state index contributed by atoms with van der Waals surface area (Å²) >= 11 is 0. The normalized spacial score (nSPS) is 12.2. The van der Waals surface area contributed by atoms with Crippen LogP contribution in [0.25, 0.3) is 0 Å².